The summed E-state index contributed by atoms with van der Waals surface area (Å²) in [5.74, 6) is -2.25. The Labute approximate surface area is 595 Å². The van der Waals surface area contributed by atoms with E-state index in [2.05, 4.69) is 101 Å². The molecular formula is C79H140O17P2. The molecular weight excluding hydrogens is 1280 g/mol. The van der Waals surface area contributed by atoms with Gasteiger partial charge in [-0.25, -0.2) is 9.13 Å². The van der Waals surface area contributed by atoms with Crippen molar-refractivity contribution in [3.8, 4) is 0 Å². The summed E-state index contributed by atoms with van der Waals surface area (Å²) in [5.41, 5.74) is 0. The predicted octanol–water partition coefficient (Wildman–Crippen LogP) is 22.2. The maximum Gasteiger partial charge on any atom is 0.472 e. The number of aliphatic hydroxyl groups excluding tert-OH is 1. The molecule has 5 atom stereocenters. The molecule has 0 bridgehead atoms. The van der Waals surface area contributed by atoms with E-state index in [0.717, 1.165) is 154 Å². The van der Waals surface area contributed by atoms with Crippen molar-refractivity contribution in [3.05, 3.63) is 85.1 Å². The van der Waals surface area contributed by atoms with E-state index in [0.29, 0.717) is 32.1 Å². The van der Waals surface area contributed by atoms with E-state index >= 15 is 0 Å². The summed E-state index contributed by atoms with van der Waals surface area (Å²) in [4.78, 5) is 72.8. The van der Waals surface area contributed by atoms with E-state index < -0.39 is 97.5 Å². The Kier molecular flexibility index (Phi) is 68.9. The molecule has 19 heteroatoms. The number of carbonyl (C=O) groups is 4. The fourth-order valence-electron chi connectivity index (χ4n) is 10.3. The van der Waals surface area contributed by atoms with E-state index in [9.17, 15) is 43.2 Å². The zero-order chi connectivity index (χ0) is 71.8. The molecule has 0 radical (unpaired) electrons. The van der Waals surface area contributed by atoms with E-state index in [4.69, 9.17) is 37.0 Å². The first kappa shape index (κ1) is 94.2. The van der Waals surface area contributed by atoms with Gasteiger partial charge in [0.25, 0.3) is 0 Å². The smallest absolute Gasteiger partial charge is 0.462 e. The van der Waals surface area contributed by atoms with Crippen molar-refractivity contribution in [2.24, 2.45) is 0 Å². The van der Waals surface area contributed by atoms with Crippen LogP contribution in [0.1, 0.15) is 336 Å². The number of unbranched alkanes of at least 4 members (excludes halogenated alkanes) is 33. The van der Waals surface area contributed by atoms with Crippen molar-refractivity contribution in [3.63, 3.8) is 0 Å². The third-order valence-electron chi connectivity index (χ3n) is 16.3. The quantitative estimate of drug-likeness (QED) is 0.0169. The largest absolute Gasteiger partial charge is 0.472 e. The number of hydrogen-bond acceptors (Lipinski definition) is 15. The van der Waals surface area contributed by atoms with Crippen LogP contribution in [0.3, 0.4) is 0 Å². The number of carbonyl (C=O) groups excluding carboxylic acids is 4. The van der Waals surface area contributed by atoms with Crippen LogP contribution >= 0.6 is 15.6 Å². The topological polar surface area (TPSA) is 237 Å². The Bertz CT molecular complexity index is 2190. The van der Waals surface area contributed by atoms with Crippen molar-refractivity contribution < 1.29 is 80.2 Å². The highest BCUT2D eigenvalue weighted by Gasteiger charge is 2.30. The van der Waals surface area contributed by atoms with Gasteiger partial charge in [-0.05, 0) is 141 Å². The van der Waals surface area contributed by atoms with Gasteiger partial charge in [-0.1, -0.05) is 254 Å². The predicted molar refractivity (Wildman–Crippen MR) is 399 cm³/mol. The molecule has 0 spiro atoms. The lowest BCUT2D eigenvalue weighted by atomic mass is 10.1. The molecule has 0 aromatic heterocycles. The first-order valence-corrected chi connectivity index (χ1v) is 41.8. The summed E-state index contributed by atoms with van der Waals surface area (Å²) in [6.07, 6.45) is 72.9. The minimum absolute atomic E-state index is 0.0188. The normalized spacial score (nSPS) is 14.4. The fourth-order valence-corrected chi connectivity index (χ4v) is 11.9. The average Bonchev–Trinajstić information content (AvgIpc) is 1.05. The number of rotatable bonds is 73. The molecule has 0 aliphatic carbocycles. The van der Waals surface area contributed by atoms with Gasteiger partial charge >= 0.3 is 39.5 Å². The van der Waals surface area contributed by atoms with Crippen molar-refractivity contribution in [2.75, 3.05) is 39.6 Å². The summed E-state index contributed by atoms with van der Waals surface area (Å²) in [6, 6.07) is 0. The van der Waals surface area contributed by atoms with E-state index in [1.54, 1.807) is 0 Å². The number of esters is 4. The average molecular weight is 1420 g/mol. The van der Waals surface area contributed by atoms with Crippen molar-refractivity contribution in [2.45, 2.75) is 354 Å². The second kappa shape index (κ2) is 71.6. The molecule has 3 N–H and O–H groups in total. The van der Waals surface area contributed by atoms with Crippen LogP contribution in [0.25, 0.3) is 0 Å². The third kappa shape index (κ3) is 70.7. The van der Waals surface area contributed by atoms with Gasteiger partial charge in [0.2, 0.25) is 0 Å². The standard InChI is InChI=1S/C79H140O17P2/c1-5-9-13-17-21-25-29-33-35-36-38-42-46-50-54-58-62-66-79(84)96-75(70-90-77(82)64-60-56-52-48-44-40-32-28-24-20-16-12-8-4)72-94-98(87,88)92-68-73(80)67-91-97(85,86)93-71-74(69-89-76(81)63-59-55-51-47-43-39-31-27-23-19-15-11-7-3)95-78(83)65-61-57-53-49-45-41-37-34-30-26-22-18-14-10-6-2/h21,25-28,30-33,35,38,42,50,54,73-75,80H,5-20,22-24,29,34,36-37,39-41,43-49,51-53,55-72H2,1-4H3,(H,85,86)(H,87,88)/b25-21-,30-26-,31-27-,32-28-,35-33-,42-38-,54-50-/t73-,74+,75+/m0/s1. The highest BCUT2D eigenvalue weighted by Crippen LogP contribution is 2.45. The monoisotopic (exact) mass is 1420 g/mol. The minimum Gasteiger partial charge on any atom is -0.462 e. The van der Waals surface area contributed by atoms with Crippen molar-refractivity contribution >= 4 is 39.5 Å². The van der Waals surface area contributed by atoms with Crippen LogP contribution in [-0.4, -0.2) is 96.7 Å². The maximum absolute atomic E-state index is 13.1. The summed E-state index contributed by atoms with van der Waals surface area (Å²) >= 11 is 0. The van der Waals surface area contributed by atoms with Gasteiger partial charge in [-0.15, -0.1) is 0 Å². The van der Waals surface area contributed by atoms with E-state index in [1.165, 1.54) is 96.3 Å². The molecule has 0 aromatic rings. The lowest BCUT2D eigenvalue weighted by molar-refractivity contribution is -0.161. The molecule has 0 fully saturated rings. The summed E-state index contributed by atoms with van der Waals surface area (Å²) in [6.45, 7) is 4.75. The molecule has 2 unspecified atom stereocenters. The van der Waals surface area contributed by atoms with Gasteiger partial charge in [-0.2, -0.15) is 0 Å². The molecule has 568 valence electrons. The highest BCUT2D eigenvalue weighted by molar-refractivity contribution is 7.47. The van der Waals surface area contributed by atoms with Gasteiger partial charge in [0.1, 0.15) is 19.3 Å². The molecule has 0 saturated heterocycles. The van der Waals surface area contributed by atoms with Crippen LogP contribution in [-0.2, 0) is 65.4 Å². The van der Waals surface area contributed by atoms with Crippen LogP contribution in [0.5, 0.6) is 0 Å². The Morgan fingerprint density at radius 3 is 0.837 bits per heavy atom. The lowest BCUT2D eigenvalue weighted by Gasteiger charge is -2.21. The van der Waals surface area contributed by atoms with Crippen LogP contribution in [0.4, 0.5) is 0 Å². The number of phosphoric ester groups is 2. The number of allylic oxidation sites excluding steroid dienone is 14. The SMILES string of the molecule is CCCCC/C=C\C/C=C\C/C=C\C/C=C\CCCC(=O)O[C@H](COC(=O)CCCCCCC/C=C\CCCCCC)COP(=O)(O)OC[C@@H](O)COP(=O)(O)OC[C@@H](COC(=O)CCCCCCC/C=C\CCCCCC)OC(=O)CCCCCCCCC/C=C\CCCCCC. The number of phosphoric acid groups is 2. The first-order valence-electron chi connectivity index (χ1n) is 38.8. The first-order chi connectivity index (χ1) is 47.7. The van der Waals surface area contributed by atoms with Crippen LogP contribution < -0.4 is 0 Å². The van der Waals surface area contributed by atoms with Crippen molar-refractivity contribution in [1.82, 2.24) is 0 Å². The van der Waals surface area contributed by atoms with Crippen LogP contribution in [0, 0.1) is 0 Å². The van der Waals surface area contributed by atoms with Crippen LogP contribution in [0.2, 0.25) is 0 Å². The molecule has 98 heavy (non-hydrogen) atoms. The summed E-state index contributed by atoms with van der Waals surface area (Å²) < 4.78 is 68.4. The van der Waals surface area contributed by atoms with Gasteiger partial charge in [0, 0.05) is 25.7 Å². The van der Waals surface area contributed by atoms with Gasteiger partial charge in [0.05, 0.1) is 26.4 Å². The second-order valence-corrected chi connectivity index (χ2v) is 28.8. The molecule has 0 amide bonds. The zero-order valence-electron chi connectivity index (χ0n) is 62.0. The van der Waals surface area contributed by atoms with Gasteiger partial charge in [0.15, 0.2) is 12.2 Å². The zero-order valence-corrected chi connectivity index (χ0v) is 63.7. The second-order valence-electron chi connectivity index (χ2n) is 25.9. The molecule has 0 aliphatic rings. The van der Waals surface area contributed by atoms with Gasteiger partial charge < -0.3 is 33.8 Å². The Balaban J connectivity index is 5.40. The molecule has 0 aromatic carbocycles. The van der Waals surface area contributed by atoms with Crippen molar-refractivity contribution in [1.29, 1.82) is 0 Å². The Morgan fingerprint density at radius 2 is 0.510 bits per heavy atom. The van der Waals surface area contributed by atoms with Crippen LogP contribution in [0.15, 0.2) is 85.1 Å². The molecule has 0 saturated carbocycles. The summed E-state index contributed by atoms with van der Waals surface area (Å²) in [7, 11) is -9.96. The number of hydrogen-bond donors (Lipinski definition) is 3. The van der Waals surface area contributed by atoms with E-state index in [-0.39, 0.29) is 25.7 Å². The molecule has 0 aliphatic heterocycles. The third-order valence-corrected chi connectivity index (χ3v) is 18.2. The fraction of sp³-hybridized carbons (Fsp3) is 0.772. The Morgan fingerprint density at radius 1 is 0.286 bits per heavy atom. The highest BCUT2D eigenvalue weighted by atomic mass is 31.2. The maximum atomic E-state index is 13.1. The summed E-state index contributed by atoms with van der Waals surface area (Å²) in [5, 5.41) is 10.6. The lowest BCUT2D eigenvalue weighted by Crippen LogP contribution is -2.30. The molecule has 0 heterocycles. The number of ether oxygens (including phenoxy) is 4. The van der Waals surface area contributed by atoms with E-state index in [1.807, 2.05) is 12.2 Å². The Hall–Kier alpha value is -3.76. The number of aliphatic hydroxyl groups is 1. The molecule has 17 nitrogen and oxygen atoms in total. The molecule has 0 rings (SSSR count). The van der Waals surface area contributed by atoms with Gasteiger partial charge in [-0.3, -0.25) is 37.3 Å². The minimum atomic E-state index is -4.99.